The summed E-state index contributed by atoms with van der Waals surface area (Å²) in [6.45, 7) is 0.585. The number of aromatic nitrogens is 2. The second-order valence-corrected chi connectivity index (χ2v) is 7.18. The third-order valence-corrected chi connectivity index (χ3v) is 5.37. The average molecular weight is 418 g/mol. The largest absolute Gasteiger partial charge is 0.304 e. The van der Waals surface area contributed by atoms with E-state index in [1.807, 2.05) is 6.07 Å². The van der Waals surface area contributed by atoms with E-state index in [1.54, 1.807) is 24.3 Å². The van der Waals surface area contributed by atoms with Gasteiger partial charge in [-0.15, -0.1) is 0 Å². The topological polar surface area (TPSA) is 55.2 Å². The fraction of sp³-hybridized carbons (Fsp3) is 0.150. The zero-order valence-electron chi connectivity index (χ0n) is 14.5. The van der Waals surface area contributed by atoms with Crippen LogP contribution < -0.4 is 4.90 Å². The van der Waals surface area contributed by atoms with Crippen LogP contribution in [0.2, 0.25) is 10.2 Å². The molecule has 8 heteroatoms. The van der Waals surface area contributed by atoms with Crippen LogP contribution in [0.1, 0.15) is 32.0 Å². The molecule has 0 N–H and O–H groups in total. The van der Waals surface area contributed by atoms with Crippen molar-refractivity contribution < 1.29 is 14.0 Å². The smallest absolute Gasteiger partial charge is 0.279 e. The molecule has 1 aliphatic heterocycles. The fourth-order valence-corrected chi connectivity index (χ4v) is 3.75. The Hall–Kier alpha value is -2.70. The monoisotopic (exact) mass is 417 g/mol. The number of halogens is 3. The number of hydrogen-bond donors (Lipinski definition) is 0. The molecule has 2 aromatic carbocycles. The Morgan fingerprint density at radius 3 is 2.75 bits per heavy atom. The fourth-order valence-electron chi connectivity index (χ4n) is 3.30. The quantitative estimate of drug-likeness (QED) is 0.591. The van der Waals surface area contributed by atoms with Crippen molar-refractivity contribution in [2.75, 3.05) is 11.4 Å². The number of hydrogen-bond acceptors (Lipinski definition) is 3. The van der Waals surface area contributed by atoms with Gasteiger partial charge < -0.3 is 4.90 Å². The summed E-state index contributed by atoms with van der Waals surface area (Å²) in [5.41, 5.74) is 2.33. The van der Waals surface area contributed by atoms with Gasteiger partial charge in [0.2, 0.25) is 0 Å². The van der Waals surface area contributed by atoms with Crippen molar-refractivity contribution in [1.29, 1.82) is 0 Å². The van der Waals surface area contributed by atoms with Gasteiger partial charge in [0.05, 0.1) is 17.3 Å². The Morgan fingerprint density at radius 1 is 1.18 bits per heavy atom. The molecule has 2 heterocycles. The molecule has 1 amide bonds. The number of fused-ring (bicyclic) bond motifs is 1. The molecule has 0 aliphatic carbocycles. The highest BCUT2D eigenvalue weighted by Crippen LogP contribution is 2.32. The number of carbonyl (C=O) groups excluding carboxylic acids is 2. The van der Waals surface area contributed by atoms with Gasteiger partial charge in [-0.05, 0) is 30.2 Å². The molecule has 1 aromatic heterocycles. The Balaban J connectivity index is 1.67. The highest BCUT2D eigenvalue weighted by Gasteiger charge is 2.33. The summed E-state index contributed by atoms with van der Waals surface area (Å²) < 4.78 is 15.9. The van der Waals surface area contributed by atoms with Crippen LogP contribution in [0, 0.1) is 5.82 Å². The van der Waals surface area contributed by atoms with Crippen LogP contribution in [0.4, 0.5) is 10.1 Å². The van der Waals surface area contributed by atoms with Crippen molar-refractivity contribution in [3.63, 3.8) is 0 Å². The standard InChI is InChI=1S/C20H14Cl2FN3O2/c21-15-5-2-6-16(17(15)23)25-8-7-14-18(20(25)28)24-26(19(14)22)10-12-3-1-4-13(9-12)11-27/h1-6,9,11H,7-8,10H2. The van der Waals surface area contributed by atoms with E-state index < -0.39 is 11.7 Å². The minimum atomic E-state index is -0.642. The maximum Gasteiger partial charge on any atom is 0.279 e. The number of amides is 1. The molecular formula is C20H14Cl2FN3O2. The minimum absolute atomic E-state index is 0.0466. The first-order chi connectivity index (χ1) is 13.5. The number of carbonyl (C=O) groups is 2. The lowest BCUT2D eigenvalue weighted by Gasteiger charge is -2.26. The summed E-state index contributed by atoms with van der Waals surface area (Å²) in [6, 6.07) is 11.6. The van der Waals surface area contributed by atoms with E-state index in [2.05, 4.69) is 5.10 Å². The predicted octanol–water partition coefficient (Wildman–Crippen LogP) is 4.39. The Bertz CT molecular complexity index is 1100. The van der Waals surface area contributed by atoms with Crippen LogP contribution in [-0.4, -0.2) is 28.5 Å². The van der Waals surface area contributed by atoms with Crippen molar-refractivity contribution in [1.82, 2.24) is 9.78 Å². The molecule has 5 nitrogen and oxygen atoms in total. The lowest BCUT2D eigenvalue weighted by Crippen LogP contribution is -2.38. The highest BCUT2D eigenvalue weighted by molar-refractivity contribution is 6.32. The summed E-state index contributed by atoms with van der Waals surface area (Å²) in [5.74, 6) is -1.07. The molecule has 28 heavy (non-hydrogen) atoms. The van der Waals surface area contributed by atoms with Gasteiger partial charge in [-0.25, -0.2) is 9.07 Å². The van der Waals surface area contributed by atoms with E-state index in [4.69, 9.17) is 23.2 Å². The minimum Gasteiger partial charge on any atom is -0.304 e. The summed E-state index contributed by atoms with van der Waals surface area (Å²) >= 11 is 12.3. The first-order valence-electron chi connectivity index (χ1n) is 8.54. The van der Waals surface area contributed by atoms with Gasteiger partial charge in [0.15, 0.2) is 11.5 Å². The molecule has 0 saturated heterocycles. The Morgan fingerprint density at radius 2 is 1.96 bits per heavy atom. The molecule has 0 unspecified atom stereocenters. The van der Waals surface area contributed by atoms with Crippen molar-refractivity contribution in [3.8, 4) is 0 Å². The van der Waals surface area contributed by atoms with Crippen molar-refractivity contribution >= 4 is 41.1 Å². The maximum absolute atomic E-state index is 14.4. The van der Waals surface area contributed by atoms with Gasteiger partial charge in [0.1, 0.15) is 11.4 Å². The van der Waals surface area contributed by atoms with Crippen LogP contribution in [-0.2, 0) is 13.0 Å². The van der Waals surface area contributed by atoms with E-state index in [9.17, 15) is 14.0 Å². The first-order valence-corrected chi connectivity index (χ1v) is 9.30. The number of rotatable bonds is 4. The molecule has 1 aliphatic rings. The molecule has 0 spiro atoms. The number of aldehydes is 1. The predicted molar refractivity (Wildman–Crippen MR) is 105 cm³/mol. The first kappa shape index (κ1) is 18.7. The third-order valence-electron chi connectivity index (χ3n) is 4.66. The molecule has 142 valence electrons. The molecular weight excluding hydrogens is 404 g/mol. The van der Waals surface area contributed by atoms with Crippen molar-refractivity contribution in [3.05, 3.63) is 80.8 Å². The molecule has 0 fully saturated rings. The van der Waals surface area contributed by atoms with E-state index in [1.165, 1.54) is 21.7 Å². The second kappa shape index (κ2) is 7.37. The Kier molecular flexibility index (Phi) is 4.91. The zero-order valence-corrected chi connectivity index (χ0v) is 16.0. The van der Waals surface area contributed by atoms with Crippen LogP contribution in [0.25, 0.3) is 0 Å². The van der Waals surface area contributed by atoms with E-state index in [-0.39, 0.29) is 22.9 Å². The average Bonchev–Trinajstić information content (AvgIpc) is 3.01. The van der Waals surface area contributed by atoms with Crippen molar-refractivity contribution in [2.45, 2.75) is 13.0 Å². The molecule has 0 saturated carbocycles. The molecule has 0 radical (unpaired) electrons. The van der Waals surface area contributed by atoms with Crippen LogP contribution in [0.15, 0.2) is 42.5 Å². The summed E-state index contributed by atoms with van der Waals surface area (Å²) in [4.78, 5) is 25.2. The van der Waals surface area contributed by atoms with E-state index in [0.29, 0.717) is 29.2 Å². The molecule has 3 aromatic rings. The number of nitrogens with zero attached hydrogens (tertiary/aromatic N) is 3. The zero-order chi connectivity index (χ0) is 19.8. The highest BCUT2D eigenvalue weighted by atomic mass is 35.5. The van der Waals surface area contributed by atoms with E-state index >= 15 is 0 Å². The lowest BCUT2D eigenvalue weighted by molar-refractivity contribution is 0.0974. The van der Waals surface area contributed by atoms with Crippen molar-refractivity contribution in [2.24, 2.45) is 0 Å². The maximum atomic E-state index is 14.4. The molecule has 0 atom stereocenters. The lowest BCUT2D eigenvalue weighted by atomic mass is 10.1. The van der Waals surface area contributed by atoms with Gasteiger partial charge in [0.25, 0.3) is 5.91 Å². The Labute approximate surface area is 170 Å². The third kappa shape index (κ3) is 3.19. The van der Waals surface area contributed by atoms with E-state index in [0.717, 1.165) is 11.8 Å². The van der Waals surface area contributed by atoms with Gasteiger partial charge in [-0.3, -0.25) is 9.59 Å². The van der Waals surface area contributed by atoms with Gasteiger partial charge in [-0.2, -0.15) is 5.10 Å². The van der Waals surface area contributed by atoms with Crippen LogP contribution in [0.3, 0.4) is 0 Å². The van der Waals surface area contributed by atoms with Gasteiger partial charge >= 0.3 is 0 Å². The molecule has 4 rings (SSSR count). The van der Waals surface area contributed by atoms with Crippen LogP contribution >= 0.6 is 23.2 Å². The normalized spacial score (nSPS) is 13.5. The summed E-state index contributed by atoms with van der Waals surface area (Å²) in [5, 5.41) is 4.68. The second-order valence-electron chi connectivity index (χ2n) is 6.42. The number of anilines is 1. The van der Waals surface area contributed by atoms with Gasteiger partial charge in [0, 0.05) is 17.7 Å². The molecule has 0 bridgehead atoms. The van der Waals surface area contributed by atoms with Gasteiger partial charge in [-0.1, -0.05) is 47.5 Å². The summed E-state index contributed by atoms with van der Waals surface area (Å²) in [7, 11) is 0. The summed E-state index contributed by atoms with van der Waals surface area (Å²) in [6.07, 6.45) is 1.21. The number of benzene rings is 2. The SMILES string of the molecule is O=Cc1cccc(Cn2nc3c(c2Cl)CCN(c2cccc(Cl)c2F)C3=O)c1. The van der Waals surface area contributed by atoms with Crippen LogP contribution in [0.5, 0.6) is 0 Å².